The monoisotopic (exact) mass is 468 g/mol. The molecule has 4 aromatic rings. The van der Waals surface area contributed by atoms with Gasteiger partial charge in [0.2, 0.25) is 0 Å². The lowest BCUT2D eigenvalue weighted by Crippen LogP contribution is -2.44. The molecular weight excluding hydrogens is 440 g/mol. The fraction of sp³-hybridized carbons (Fsp3) is 0.429. The molecule has 35 heavy (non-hydrogen) atoms. The van der Waals surface area contributed by atoms with Crippen LogP contribution in [0, 0.1) is 31.6 Å². The summed E-state index contributed by atoms with van der Waals surface area (Å²) >= 11 is 0. The van der Waals surface area contributed by atoms with Crippen LogP contribution in [0.2, 0.25) is 0 Å². The van der Waals surface area contributed by atoms with E-state index in [1.54, 1.807) is 6.20 Å². The third-order valence-corrected chi connectivity index (χ3v) is 8.46. The average molecular weight is 469 g/mol. The van der Waals surface area contributed by atoms with Crippen LogP contribution >= 0.6 is 0 Å². The second-order valence-electron chi connectivity index (χ2n) is 10.6. The highest BCUT2D eigenvalue weighted by Crippen LogP contribution is 2.55. The summed E-state index contributed by atoms with van der Waals surface area (Å²) in [4.78, 5) is 26.7. The van der Waals surface area contributed by atoms with E-state index in [0.717, 1.165) is 60.3 Å². The number of imidazole rings is 1. The lowest BCUT2D eigenvalue weighted by molar-refractivity contribution is -0.134. The molecule has 0 saturated heterocycles. The van der Waals surface area contributed by atoms with Crippen molar-refractivity contribution < 1.29 is 14.4 Å². The molecule has 0 radical (unpaired) electrons. The Hall–Kier alpha value is -3.32. The molecule has 3 aliphatic rings. The van der Waals surface area contributed by atoms with E-state index in [1.165, 1.54) is 0 Å². The molecule has 0 spiro atoms. The molecule has 1 aromatic carbocycles. The van der Waals surface area contributed by atoms with E-state index in [2.05, 4.69) is 21.2 Å². The second kappa shape index (κ2) is 7.34. The minimum atomic E-state index is -1.58. The van der Waals surface area contributed by atoms with Crippen molar-refractivity contribution in [2.45, 2.75) is 57.5 Å². The SMILES string of the molecule is Cc1noc(C)c1-c1cc(C(O)(c2ccccn2)C2C(=O)C3CCC2C3)c2nc(C3CC3)[nH]c2c1. The molecule has 4 atom stereocenters. The number of aryl methyl sites for hydroxylation is 2. The Kier molecular flexibility index (Phi) is 4.40. The molecule has 2 N–H and O–H groups in total. The number of hydrogen-bond acceptors (Lipinski definition) is 6. The fourth-order valence-electron chi connectivity index (χ4n) is 6.68. The number of pyridine rings is 1. The largest absolute Gasteiger partial charge is 0.378 e. The van der Waals surface area contributed by atoms with Gasteiger partial charge in [0, 0.05) is 29.2 Å². The lowest BCUT2D eigenvalue weighted by Gasteiger charge is -2.38. The van der Waals surface area contributed by atoms with E-state index in [4.69, 9.17) is 9.51 Å². The zero-order valence-electron chi connectivity index (χ0n) is 19.9. The Morgan fingerprint density at radius 2 is 1.94 bits per heavy atom. The minimum Gasteiger partial charge on any atom is -0.378 e. The van der Waals surface area contributed by atoms with Gasteiger partial charge >= 0.3 is 0 Å². The van der Waals surface area contributed by atoms with Gasteiger partial charge in [0.15, 0.2) is 0 Å². The molecule has 0 amide bonds. The Labute approximate surface area is 203 Å². The van der Waals surface area contributed by atoms with E-state index in [1.807, 2.05) is 38.1 Å². The zero-order valence-corrected chi connectivity index (χ0v) is 19.9. The van der Waals surface area contributed by atoms with Crippen molar-refractivity contribution in [1.82, 2.24) is 20.1 Å². The molecule has 3 aromatic heterocycles. The molecule has 3 aliphatic carbocycles. The average Bonchev–Trinajstić information content (AvgIpc) is 3.15. The predicted octanol–water partition coefficient (Wildman–Crippen LogP) is 4.96. The topological polar surface area (TPSA) is 105 Å². The summed E-state index contributed by atoms with van der Waals surface area (Å²) in [7, 11) is 0. The highest BCUT2D eigenvalue weighted by Gasteiger charge is 2.58. The van der Waals surface area contributed by atoms with Crippen LogP contribution in [0.3, 0.4) is 0 Å². The first-order valence-corrected chi connectivity index (χ1v) is 12.6. The molecule has 3 heterocycles. The lowest BCUT2D eigenvalue weighted by atomic mass is 9.69. The summed E-state index contributed by atoms with van der Waals surface area (Å²) in [6.07, 6.45) is 6.63. The van der Waals surface area contributed by atoms with Gasteiger partial charge in [-0.05, 0) is 81.7 Å². The van der Waals surface area contributed by atoms with E-state index in [9.17, 15) is 9.90 Å². The van der Waals surface area contributed by atoms with Crippen molar-refractivity contribution >= 4 is 16.8 Å². The second-order valence-corrected chi connectivity index (χ2v) is 10.6. The number of ketones is 1. The summed E-state index contributed by atoms with van der Waals surface area (Å²) in [5, 5.41) is 16.9. The highest BCUT2D eigenvalue weighted by atomic mass is 16.5. The van der Waals surface area contributed by atoms with Crippen molar-refractivity contribution in [1.29, 1.82) is 0 Å². The number of rotatable bonds is 5. The highest BCUT2D eigenvalue weighted by molar-refractivity contribution is 5.92. The number of hydrogen-bond donors (Lipinski definition) is 2. The number of aromatic nitrogens is 4. The number of Topliss-reactive ketones (excluding diaryl/α,β-unsaturated/α-hetero) is 1. The Morgan fingerprint density at radius 1 is 1.11 bits per heavy atom. The number of aliphatic hydroxyl groups is 1. The number of aromatic amines is 1. The summed E-state index contributed by atoms with van der Waals surface area (Å²) in [5.41, 5.74) is 3.69. The van der Waals surface area contributed by atoms with Crippen LogP contribution in [-0.4, -0.2) is 31.0 Å². The van der Waals surface area contributed by atoms with E-state index in [-0.39, 0.29) is 17.6 Å². The summed E-state index contributed by atoms with van der Waals surface area (Å²) in [5.74, 6) is 1.86. The van der Waals surface area contributed by atoms with Crippen molar-refractivity contribution in [3.05, 3.63) is 65.1 Å². The van der Waals surface area contributed by atoms with E-state index in [0.29, 0.717) is 28.5 Å². The zero-order chi connectivity index (χ0) is 23.9. The maximum absolute atomic E-state index is 13.6. The van der Waals surface area contributed by atoms with Gasteiger partial charge in [-0.1, -0.05) is 11.2 Å². The third-order valence-electron chi connectivity index (χ3n) is 8.46. The molecule has 4 unspecified atom stereocenters. The fourth-order valence-corrected chi connectivity index (χ4v) is 6.68. The van der Waals surface area contributed by atoms with Gasteiger partial charge in [-0.3, -0.25) is 9.78 Å². The van der Waals surface area contributed by atoms with Gasteiger partial charge in [0.05, 0.1) is 28.3 Å². The van der Waals surface area contributed by atoms with Crippen LogP contribution < -0.4 is 0 Å². The van der Waals surface area contributed by atoms with E-state index < -0.39 is 11.5 Å². The number of benzene rings is 1. The van der Waals surface area contributed by atoms with Gasteiger partial charge in [-0.25, -0.2) is 4.98 Å². The molecule has 3 saturated carbocycles. The number of nitrogens with zero attached hydrogens (tertiary/aromatic N) is 3. The standard InChI is InChI=1S/C28H28N4O3/c1-14-23(15(2)35-32-14)19-12-20(25-21(13-19)30-27(31-25)16-6-7-16)28(34,22-5-3-4-10-29-22)24-17-8-9-18(11-17)26(24)33/h3-5,10,12-13,16-18,24,34H,6-9,11H2,1-2H3,(H,30,31). The van der Waals surface area contributed by atoms with Crippen molar-refractivity contribution in [2.75, 3.05) is 0 Å². The summed E-state index contributed by atoms with van der Waals surface area (Å²) in [6.45, 7) is 3.81. The quantitative estimate of drug-likeness (QED) is 0.429. The first-order chi connectivity index (χ1) is 16.9. The molecule has 7 nitrogen and oxygen atoms in total. The Balaban J connectivity index is 1.53. The van der Waals surface area contributed by atoms with Crippen molar-refractivity contribution in [3.63, 3.8) is 0 Å². The Bertz CT molecular complexity index is 1450. The number of fused-ring (bicyclic) bond motifs is 3. The summed E-state index contributed by atoms with van der Waals surface area (Å²) < 4.78 is 5.48. The smallest absolute Gasteiger partial charge is 0.143 e. The first kappa shape index (κ1) is 21.0. The summed E-state index contributed by atoms with van der Waals surface area (Å²) in [6, 6.07) is 9.59. The number of carbonyl (C=O) groups is 1. The van der Waals surface area contributed by atoms with Gasteiger partial charge < -0.3 is 14.6 Å². The number of H-pyrrole nitrogens is 1. The van der Waals surface area contributed by atoms with Crippen LogP contribution in [0.15, 0.2) is 41.1 Å². The van der Waals surface area contributed by atoms with E-state index >= 15 is 0 Å². The van der Waals surface area contributed by atoms with Gasteiger partial charge in [0.1, 0.15) is 23.0 Å². The number of nitrogens with one attached hydrogen (secondary N) is 1. The maximum atomic E-state index is 13.6. The van der Waals surface area contributed by atoms with Crippen LogP contribution in [-0.2, 0) is 10.4 Å². The molecule has 2 bridgehead atoms. The third kappa shape index (κ3) is 3.00. The van der Waals surface area contributed by atoms with Gasteiger partial charge in [0.25, 0.3) is 0 Å². The molecule has 7 rings (SSSR count). The first-order valence-electron chi connectivity index (χ1n) is 12.6. The van der Waals surface area contributed by atoms with Crippen molar-refractivity contribution in [3.8, 4) is 11.1 Å². The molecule has 178 valence electrons. The van der Waals surface area contributed by atoms with Crippen LogP contribution in [0.4, 0.5) is 0 Å². The van der Waals surface area contributed by atoms with Crippen LogP contribution in [0.5, 0.6) is 0 Å². The van der Waals surface area contributed by atoms with Crippen molar-refractivity contribution in [2.24, 2.45) is 17.8 Å². The molecule has 3 fully saturated rings. The normalized spacial score (nSPS) is 25.5. The minimum absolute atomic E-state index is 0.0303. The molecular formula is C28H28N4O3. The van der Waals surface area contributed by atoms with Crippen LogP contribution in [0.1, 0.15) is 66.6 Å². The molecule has 7 heteroatoms. The van der Waals surface area contributed by atoms with Gasteiger partial charge in [-0.15, -0.1) is 0 Å². The van der Waals surface area contributed by atoms with Crippen LogP contribution in [0.25, 0.3) is 22.2 Å². The molecule has 0 aliphatic heterocycles. The predicted molar refractivity (Wildman–Crippen MR) is 130 cm³/mol. The number of carbonyl (C=O) groups excluding carboxylic acids is 1. The maximum Gasteiger partial charge on any atom is 0.143 e. The Morgan fingerprint density at radius 3 is 2.60 bits per heavy atom. The van der Waals surface area contributed by atoms with Gasteiger partial charge in [-0.2, -0.15) is 0 Å².